The van der Waals surface area contributed by atoms with E-state index < -0.39 is 16.1 Å². The van der Waals surface area contributed by atoms with Crippen LogP contribution in [0.25, 0.3) is 0 Å². The molecule has 4 rings (SSSR count). The third-order valence-electron chi connectivity index (χ3n) is 6.27. The lowest BCUT2D eigenvalue weighted by atomic mass is 9.96. The third-order valence-corrected chi connectivity index (χ3v) is 7.23. The molecule has 184 valence electrons. The Labute approximate surface area is 212 Å². The van der Waals surface area contributed by atoms with Crippen molar-refractivity contribution in [1.29, 1.82) is 0 Å². The average Bonchev–Trinajstić information content (AvgIpc) is 2.85. The predicted molar refractivity (Wildman–Crippen MR) is 140 cm³/mol. The second-order valence-electron chi connectivity index (χ2n) is 8.84. The maximum Gasteiger partial charge on any atom is 0.224 e. The Kier molecular flexibility index (Phi) is 8.23. The smallest absolute Gasteiger partial charge is 0.224 e. The summed E-state index contributed by atoms with van der Waals surface area (Å²) in [7, 11) is -3.50. The number of nitrogens with one attached hydrogen (secondary N) is 1. The summed E-state index contributed by atoms with van der Waals surface area (Å²) in [6.45, 7) is 2.62. The Morgan fingerprint density at radius 2 is 1.34 bits per heavy atom. The molecule has 0 saturated carbocycles. The van der Waals surface area contributed by atoms with Crippen LogP contribution in [-0.2, 0) is 14.8 Å². The van der Waals surface area contributed by atoms with Gasteiger partial charge in [0.2, 0.25) is 15.9 Å². The van der Waals surface area contributed by atoms with Crippen molar-refractivity contribution < 1.29 is 13.2 Å². The predicted octanol–water partition coefficient (Wildman–Crippen LogP) is 4.25. The molecule has 3 aromatic rings. The maximum absolute atomic E-state index is 13.2. The van der Waals surface area contributed by atoms with Crippen molar-refractivity contribution in [3.05, 3.63) is 107 Å². The van der Waals surface area contributed by atoms with Gasteiger partial charge in [0.25, 0.3) is 0 Å². The minimum atomic E-state index is -3.50. The van der Waals surface area contributed by atoms with Crippen molar-refractivity contribution in [3.63, 3.8) is 0 Å². The van der Waals surface area contributed by atoms with Crippen LogP contribution in [0.1, 0.15) is 35.2 Å². The van der Waals surface area contributed by atoms with Crippen LogP contribution >= 0.6 is 11.6 Å². The van der Waals surface area contributed by atoms with Crippen molar-refractivity contribution in [2.24, 2.45) is 0 Å². The first-order chi connectivity index (χ1) is 16.8. The Balaban J connectivity index is 1.45. The summed E-state index contributed by atoms with van der Waals surface area (Å²) in [4.78, 5) is 17.4. The summed E-state index contributed by atoms with van der Waals surface area (Å²) in [5.74, 6) is -0.0725. The quantitative estimate of drug-likeness (QED) is 0.491. The summed E-state index contributed by atoms with van der Waals surface area (Å²) in [6, 6.07) is 27.2. The molecule has 1 heterocycles. The Morgan fingerprint density at radius 3 is 1.83 bits per heavy atom. The molecule has 1 N–H and O–H groups in total. The van der Waals surface area contributed by atoms with E-state index in [9.17, 15) is 13.2 Å². The highest BCUT2D eigenvalue weighted by atomic mass is 35.5. The zero-order valence-electron chi connectivity index (χ0n) is 19.7. The Hall–Kier alpha value is -2.71. The summed E-state index contributed by atoms with van der Waals surface area (Å²) in [5.41, 5.74) is 3.15. The monoisotopic (exact) mass is 511 g/mol. The van der Waals surface area contributed by atoms with Gasteiger partial charge in [-0.15, -0.1) is 0 Å². The van der Waals surface area contributed by atoms with E-state index in [1.807, 2.05) is 17.0 Å². The standard InChI is InChI=1S/C27H30ClN3O3S/c1-35(33,34)29-25(21-12-14-24(28)15-13-21)20-26(32)30-16-18-31(19-17-30)27(22-8-4-2-5-9-22)23-10-6-3-7-11-23/h2-15,25,27,29H,16-20H2,1H3/t25-/m1/s1. The number of hydrogen-bond acceptors (Lipinski definition) is 4. The summed E-state index contributed by atoms with van der Waals surface area (Å²) >= 11 is 5.99. The molecule has 0 radical (unpaired) electrons. The highest BCUT2D eigenvalue weighted by Crippen LogP contribution is 2.30. The lowest BCUT2D eigenvalue weighted by Crippen LogP contribution is -2.50. The van der Waals surface area contributed by atoms with Gasteiger partial charge in [0.1, 0.15) is 0 Å². The number of carbonyl (C=O) groups is 1. The molecule has 3 aromatic carbocycles. The van der Waals surface area contributed by atoms with Crippen molar-refractivity contribution in [2.45, 2.75) is 18.5 Å². The van der Waals surface area contributed by atoms with Gasteiger partial charge in [-0.05, 0) is 28.8 Å². The lowest BCUT2D eigenvalue weighted by Gasteiger charge is -2.40. The van der Waals surface area contributed by atoms with Crippen LogP contribution in [-0.4, -0.2) is 56.6 Å². The number of sulfonamides is 1. The normalized spacial score (nSPS) is 15.8. The summed E-state index contributed by atoms with van der Waals surface area (Å²) in [5, 5.41) is 0.556. The van der Waals surface area contributed by atoms with E-state index in [0.29, 0.717) is 23.7 Å². The molecule has 1 amide bonds. The van der Waals surface area contributed by atoms with Crippen LogP contribution in [0.15, 0.2) is 84.9 Å². The highest BCUT2D eigenvalue weighted by Gasteiger charge is 2.29. The van der Waals surface area contributed by atoms with Gasteiger partial charge in [0.15, 0.2) is 0 Å². The van der Waals surface area contributed by atoms with Gasteiger partial charge < -0.3 is 4.90 Å². The van der Waals surface area contributed by atoms with Gasteiger partial charge in [-0.1, -0.05) is 84.4 Å². The van der Waals surface area contributed by atoms with Gasteiger partial charge in [0.05, 0.1) is 18.3 Å². The van der Waals surface area contributed by atoms with E-state index in [0.717, 1.165) is 19.3 Å². The lowest BCUT2D eigenvalue weighted by molar-refractivity contribution is -0.133. The van der Waals surface area contributed by atoms with Crippen molar-refractivity contribution in [2.75, 3.05) is 32.4 Å². The molecule has 6 nitrogen and oxygen atoms in total. The number of benzene rings is 3. The first kappa shape index (κ1) is 25.4. The molecule has 1 fully saturated rings. The molecule has 0 spiro atoms. The van der Waals surface area contributed by atoms with E-state index in [2.05, 4.69) is 58.2 Å². The van der Waals surface area contributed by atoms with Crippen LogP contribution in [0.4, 0.5) is 0 Å². The van der Waals surface area contributed by atoms with Gasteiger partial charge in [-0.3, -0.25) is 9.69 Å². The minimum absolute atomic E-state index is 0.0511. The number of hydrogen-bond donors (Lipinski definition) is 1. The van der Waals surface area contributed by atoms with Crippen LogP contribution in [0.3, 0.4) is 0 Å². The molecule has 1 saturated heterocycles. The molecular weight excluding hydrogens is 482 g/mol. The number of halogens is 1. The van der Waals surface area contributed by atoms with E-state index in [4.69, 9.17) is 11.6 Å². The van der Waals surface area contributed by atoms with Gasteiger partial charge in [0, 0.05) is 37.6 Å². The first-order valence-electron chi connectivity index (χ1n) is 11.6. The third kappa shape index (κ3) is 6.92. The minimum Gasteiger partial charge on any atom is -0.340 e. The molecule has 35 heavy (non-hydrogen) atoms. The fourth-order valence-corrected chi connectivity index (χ4v) is 5.46. The van der Waals surface area contributed by atoms with E-state index in [1.54, 1.807) is 24.3 Å². The molecule has 0 aliphatic carbocycles. The second kappa shape index (κ2) is 11.4. The van der Waals surface area contributed by atoms with Crippen LogP contribution in [0.2, 0.25) is 5.02 Å². The van der Waals surface area contributed by atoms with E-state index >= 15 is 0 Å². The highest BCUT2D eigenvalue weighted by molar-refractivity contribution is 7.88. The summed E-state index contributed by atoms with van der Waals surface area (Å²) in [6.07, 6.45) is 1.15. The fraction of sp³-hybridized carbons (Fsp3) is 0.296. The zero-order chi connectivity index (χ0) is 24.8. The van der Waals surface area contributed by atoms with Crippen molar-refractivity contribution in [3.8, 4) is 0 Å². The first-order valence-corrected chi connectivity index (χ1v) is 13.9. The number of amides is 1. The van der Waals surface area contributed by atoms with E-state index in [-0.39, 0.29) is 18.4 Å². The molecule has 0 bridgehead atoms. The van der Waals surface area contributed by atoms with Gasteiger partial charge in [-0.25, -0.2) is 13.1 Å². The van der Waals surface area contributed by atoms with Gasteiger partial charge >= 0.3 is 0 Å². The summed E-state index contributed by atoms with van der Waals surface area (Å²) < 4.78 is 26.5. The van der Waals surface area contributed by atoms with Crippen LogP contribution < -0.4 is 4.72 Å². The van der Waals surface area contributed by atoms with Gasteiger partial charge in [-0.2, -0.15) is 0 Å². The fourth-order valence-electron chi connectivity index (χ4n) is 4.60. The topological polar surface area (TPSA) is 69.7 Å². The second-order valence-corrected chi connectivity index (χ2v) is 11.1. The number of rotatable bonds is 8. The molecule has 0 unspecified atom stereocenters. The SMILES string of the molecule is CS(=O)(=O)N[C@H](CC(=O)N1CCN(C(c2ccccc2)c2ccccc2)CC1)c1ccc(Cl)cc1. The molecule has 0 aromatic heterocycles. The van der Waals surface area contributed by atoms with E-state index in [1.165, 1.54) is 11.1 Å². The molecule has 8 heteroatoms. The molecule has 1 aliphatic heterocycles. The average molecular weight is 512 g/mol. The number of carbonyl (C=O) groups excluding carboxylic acids is 1. The molecule has 1 atom stereocenters. The largest absolute Gasteiger partial charge is 0.340 e. The zero-order valence-corrected chi connectivity index (χ0v) is 21.3. The number of nitrogens with zero attached hydrogens (tertiary/aromatic N) is 2. The van der Waals surface area contributed by atoms with Crippen molar-refractivity contribution in [1.82, 2.24) is 14.5 Å². The Morgan fingerprint density at radius 1 is 0.829 bits per heavy atom. The number of piperazine rings is 1. The Bertz CT molecular complexity index is 1170. The van der Waals surface area contributed by atoms with Crippen LogP contribution in [0.5, 0.6) is 0 Å². The molecule has 1 aliphatic rings. The molecular formula is C27H30ClN3O3S. The van der Waals surface area contributed by atoms with Crippen molar-refractivity contribution >= 4 is 27.5 Å². The maximum atomic E-state index is 13.2. The van der Waals surface area contributed by atoms with Crippen LogP contribution in [0, 0.1) is 0 Å².